The number of nitrogens with one attached hydrogen (secondary N) is 1. The summed E-state index contributed by atoms with van der Waals surface area (Å²) in [6.07, 6.45) is 0. The molecule has 0 bridgehead atoms. The van der Waals surface area contributed by atoms with E-state index >= 15 is 0 Å². The van der Waals surface area contributed by atoms with Crippen molar-refractivity contribution in [2.24, 2.45) is 0 Å². The van der Waals surface area contributed by atoms with Gasteiger partial charge in [-0.15, -0.1) is 0 Å². The lowest BCUT2D eigenvalue weighted by Crippen LogP contribution is -2.30. The van der Waals surface area contributed by atoms with Gasteiger partial charge in [0.15, 0.2) is 0 Å². The Labute approximate surface area is 124 Å². The first-order valence-electron chi connectivity index (χ1n) is 6.83. The molecular weight excluding hydrogens is 267 g/mol. The van der Waals surface area contributed by atoms with Crippen molar-refractivity contribution in [2.75, 3.05) is 18.9 Å². The molecule has 0 heterocycles. The van der Waals surface area contributed by atoms with Crippen molar-refractivity contribution in [1.82, 2.24) is 4.90 Å². The van der Waals surface area contributed by atoms with E-state index < -0.39 is 0 Å². The Kier molecular flexibility index (Phi) is 5.06. The molecule has 0 saturated heterocycles. The maximum atomic E-state index is 13.1. The minimum absolute atomic E-state index is 0.0804. The van der Waals surface area contributed by atoms with Gasteiger partial charge in [-0.3, -0.25) is 9.69 Å². The van der Waals surface area contributed by atoms with Crippen LogP contribution in [0.3, 0.4) is 0 Å². The maximum absolute atomic E-state index is 13.1. The molecule has 0 atom stereocenters. The van der Waals surface area contributed by atoms with Gasteiger partial charge in [0, 0.05) is 12.2 Å². The van der Waals surface area contributed by atoms with Crippen LogP contribution < -0.4 is 5.32 Å². The van der Waals surface area contributed by atoms with Gasteiger partial charge in [-0.05, 0) is 43.3 Å². The van der Waals surface area contributed by atoms with Gasteiger partial charge in [-0.1, -0.05) is 30.3 Å². The Bertz CT molecular complexity index is 628. The Hall–Kier alpha value is -2.20. The SMILES string of the molecule is Cc1ccccc1NC(=O)CN(C)Cc1cccc(F)c1. The summed E-state index contributed by atoms with van der Waals surface area (Å²) in [6.45, 7) is 2.73. The molecule has 0 aliphatic carbocycles. The highest BCUT2D eigenvalue weighted by atomic mass is 19.1. The maximum Gasteiger partial charge on any atom is 0.238 e. The summed E-state index contributed by atoms with van der Waals surface area (Å²) >= 11 is 0. The van der Waals surface area contributed by atoms with Crippen molar-refractivity contribution in [3.05, 3.63) is 65.5 Å². The fraction of sp³-hybridized carbons (Fsp3) is 0.235. The zero-order valence-corrected chi connectivity index (χ0v) is 12.3. The van der Waals surface area contributed by atoms with Gasteiger partial charge >= 0.3 is 0 Å². The molecule has 0 radical (unpaired) electrons. The van der Waals surface area contributed by atoms with Crippen LogP contribution >= 0.6 is 0 Å². The first kappa shape index (κ1) is 15.2. The zero-order valence-electron chi connectivity index (χ0n) is 12.3. The second-order valence-electron chi connectivity index (χ2n) is 5.17. The second-order valence-corrected chi connectivity index (χ2v) is 5.17. The standard InChI is InChI=1S/C17H19FN2O/c1-13-6-3-4-9-16(13)19-17(21)12-20(2)11-14-7-5-8-15(18)10-14/h3-10H,11-12H2,1-2H3,(H,19,21). The van der Waals surface area contributed by atoms with E-state index in [-0.39, 0.29) is 18.3 Å². The van der Waals surface area contributed by atoms with Crippen LogP contribution in [0.4, 0.5) is 10.1 Å². The summed E-state index contributed by atoms with van der Waals surface area (Å²) in [6, 6.07) is 14.1. The Balaban J connectivity index is 1.89. The summed E-state index contributed by atoms with van der Waals surface area (Å²) in [5.41, 5.74) is 2.70. The third-order valence-electron chi connectivity index (χ3n) is 3.17. The molecule has 4 heteroatoms. The Morgan fingerprint density at radius 2 is 1.95 bits per heavy atom. The largest absolute Gasteiger partial charge is 0.325 e. The normalized spacial score (nSPS) is 10.7. The van der Waals surface area contributed by atoms with Crippen LogP contribution in [0.5, 0.6) is 0 Å². The summed E-state index contributed by atoms with van der Waals surface area (Å²) in [5.74, 6) is -0.339. The number of hydrogen-bond acceptors (Lipinski definition) is 2. The van der Waals surface area contributed by atoms with Crippen LogP contribution in [-0.2, 0) is 11.3 Å². The van der Waals surface area contributed by atoms with Gasteiger partial charge in [0.25, 0.3) is 0 Å². The summed E-state index contributed by atoms with van der Waals surface area (Å²) < 4.78 is 13.1. The van der Waals surface area contributed by atoms with E-state index in [4.69, 9.17) is 0 Å². The highest BCUT2D eigenvalue weighted by Crippen LogP contribution is 2.13. The lowest BCUT2D eigenvalue weighted by Gasteiger charge is -2.17. The number of para-hydroxylation sites is 1. The van der Waals surface area contributed by atoms with E-state index in [1.165, 1.54) is 12.1 Å². The number of aryl methyl sites for hydroxylation is 1. The van der Waals surface area contributed by atoms with Crippen LogP contribution in [0, 0.1) is 12.7 Å². The van der Waals surface area contributed by atoms with E-state index in [1.807, 2.05) is 49.2 Å². The third-order valence-corrected chi connectivity index (χ3v) is 3.17. The van der Waals surface area contributed by atoms with Crippen molar-refractivity contribution < 1.29 is 9.18 Å². The van der Waals surface area contributed by atoms with Crippen molar-refractivity contribution >= 4 is 11.6 Å². The number of likely N-dealkylation sites (N-methyl/N-ethyl adjacent to an activating group) is 1. The van der Waals surface area contributed by atoms with Crippen LogP contribution in [0.15, 0.2) is 48.5 Å². The van der Waals surface area contributed by atoms with Crippen LogP contribution in [0.2, 0.25) is 0 Å². The average Bonchev–Trinajstić information content (AvgIpc) is 2.41. The van der Waals surface area contributed by atoms with Crippen LogP contribution in [0.1, 0.15) is 11.1 Å². The summed E-state index contributed by atoms with van der Waals surface area (Å²) in [4.78, 5) is 13.9. The minimum atomic E-state index is -0.259. The molecule has 0 aliphatic heterocycles. The second kappa shape index (κ2) is 6.99. The molecular formula is C17H19FN2O. The van der Waals surface area contributed by atoms with Crippen molar-refractivity contribution in [3.63, 3.8) is 0 Å². The van der Waals surface area contributed by atoms with Crippen LogP contribution in [0.25, 0.3) is 0 Å². The summed E-state index contributed by atoms with van der Waals surface area (Å²) in [7, 11) is 1.84. The Morgan fingerprint density at radius 1 is 1.19 bits per heavy atom. The van der Waals surface area contributed by atoms with E-state index in [1.54, 1.807) is 6.07 Å². The molecule has 110 valence electrons. The number of rotatable bonds is 5. The first-order valence-corrected chi connectivity index (χ1v) is 6.83. The van der Waals surface area contributed by atoms with Crippen LogP contribution in [-0.4, -0.2) is 24.4 Å². The van der Waals surface area contributed by atoms with E-state index in [0.29, 0.717) is 6.54 Å². The lowest BCUT2D eigenvalue weighted by atomic mass is 10.2. The van der Waals surface area contributed by atoms with Crippen molar-refractivity contribution in [2.45, 2.75) is 13.5 Å². The highest BCUT2D eigenvalue weighted by molar-refractivity contribution is 5.92. The number of benzene rings is 2. The number of anilines is 1. The molecule has 0 spiro atoms. The molecule has 1 amide bonds. The quantitative estimate of drug-likeness (QED) is 0.915. The lowest BCUT2D eigenvalue weighted by molar-refractivity contribution is -0.117. The highest BCUT2D eigenvalue weighted by Gasteiger charge is 2.09. The number of carbonyl (C=O) groups excluding carboxylic acids is 1. The molecule has 0 aromatic heterocycles. The number of nitrogens with zero attached hydrogens (tertiary/aromatic N) is 1. The third kappa shape index (κ3) is 4.68. The van der Waals surface area contributed by atoms with E-state index in [0.717, 1.165) is 16.8 Å². The monoisotopic (exact) mass is 286 g/mol. The summed E-state index contributed by atoms with van der Waals surface area (Å²) in [5, 5.41) is 2.88. The topological polar surface area (TPSA) is 32.3 Å². The molecule has 1 N–H and O–H groups in total. The van der Waals surface area contributed by atoms with Gasteiger partial charge in [0.05, 0.1) is 6.54 Å². The number of halogens is 1. The fourth-order valence-electron chi connectivity index (χ4n) is 2.15. The Morgan fingerprint density at radius 3 is 2.67 bits per heavy atom. The average molecular weight is 286 g/mol. The fourth-order valence-corrected chi connectivity index (χ4v) is 2.15. The first-order chi connectivity index (χ1) is 10.0. The molecule has 0 saturated carbocycles. The molecule has 2 aromatic rings. The molecule has 0 aliphatic rings. The van der Waals surface area contributed by atoms with Gasteiger partial charge in [0.1, 0.15) is 5.82 Å². The molecule has 2 aromatic carbocycles. The number of amides is 1. The number of hydrogen-bond donors (Lipinski definition) is 1. The van der Waals surface area contributed by atoms with Gasteiger partial charge < -0.3 is 5.32 Å². The van der Waals surface area contributed by atoms with E-state index in [2.05, 4.69) is 5.32 Å². The molecule has 0 unspecified atom stereocenters. The zero-order chi connectivity index (χ0) is 15.2. The minimum Gasteiger partial charge on any atom is -0.325 e. The smallest absolute Gasteiger partial charge is 0.238 e. The predicted octanol–water partition coefficient (Wildman–Crippen LogP) is 3.20. The molecule has 2 rings (SSSR count). The van der Waals surface area contributed by atoms with Crippen molar-refractivity contribution in [1.29, 1.82) is 0 Å². The predicted molar refractivity (Wildman–Crippen MR) is 82.5 cm³/mol. The van der Waals surface area contributed by atoms with E-state index in [9.17, 15) is 9.18 Å². The van der Waals surface area contributed by atoms with Gasteiger partial charge in [-0.2, -0.15) is 0 Å². The van der Waals surface area contributed by atoms with Gasteiger partial charge in [-0.25, -0.2) is 4.39 Å². The van der Waals surface area contributed by atoms with Gasteiger partial charge in [0.2, 0.25) is 5.91 Å². The molecule has 21 heavy (non-hydrogen) atoms. The number of carbonyl (C=O) groups is 1. The van der Waals surface area contributed by atoms with Crippen molar-refractivity contribution in [3.8, 4) is 0 Å². The molecule has 0 fully saturated rings. The molecule has 3 nitrogen and oxygen atoms in total.